The Kier molecular flexibility index (Phi) is 6.02. The van der Waals surface area contributed by atoms with E-state index in [0.717, 1.165) is 11.8 Å². The van der Waals surface area contributed by atoms with Gasteiger partial charge in [-0.1, -0.05) is 34.1 Å². The predicted molar refractivity (Wildman–Crippen MR) is 60.6 cm³/mol. The van der Waals surface area contributed by atoms with Crippen molar-refractivity contribution in [1.29, 1.82) is 0 Å². The minimum atomic E-state index is 0.740. The molecule has 0 N–H and O–H groups in total. The van der Waals surface area contributed by atoms with Crippen LogP contribution >= 0.6 is 0 Å². The molecule has 0 bridgehead atoms. The molecule has 0 saturated heterocycles. The monoisotopic (exact) mass is 184 g/mol. The van der Waals surface area contributed by atoms with Crippen molar-refractivity contribution in [3.63, 3.8) is 0 Å². The number of nitrogens with zero attached hydrogens (tertiary/aromatic N) is 1. The van der Waals surface area contributed by atoms with Gasteiger partial charge in [0.05, 0.1) is 0 Å². The number of hydrogen-bond donors (Lipinski definition) is 0. The van der Waals surface area contributed by atoms with Crippen molar-refractivity contribution in [2.24, 2.45) is 11.8 Å². The van der Waals surface area contributed by atoms with Crippen LogP contribution in [0.3, 0.4) is 0 Å². The molecule has 1 nitrogen and oxygen atoms in total. The summed E-state index contributed by atoms with van der Waals surface area (Å²) < 4.78 is 2.31. The fourth-order valence-corrected chi connectivity index (χ4v) is 1.56. The van der Waals surface area contributed by atoms with Gasteiger partial charge in [0.2, 0.25) is 0 Å². The molecule has 0 amide bonds. The average molecular weight is 184 g/mol. The van der Waals surface area contributed by atoms with E-state index < -0.39 is 0 Å². The molecule has 0 rings (SSSR count). The molecule has 0 aliphatic rings. The first-order valence-corrected chi connectivity index (χ1v) is 5.55. The molecule has 0 aliphatic heterocycles. The second kappa shape index (κ2) is 6.17. The quantitative estimate of drug-likeness (QED) is 0.456. The van der Waals surface area contributed by atoms with Gasteiger partial charge in [-0.15, -0.1) is 0 Å². The molecular weight excluding hydrogens is 158 g/mol. The summed E-state index contributed by atoms with van der Waals surface area (Å²) >= 11 is 0. The highest BCUT2D eigenvalue weighted by atomic mass is 14.9. The maximum Gasteiger partial charge on any atom is 0.154 e. The Morgan fingerprint density at radius 1 is 1.08 bits per heavy atom. The SMILES string of the molecule is CCC(C)CC(C(C)CC)=[N+](C)C. The molecule has 2 atom stereocenters. The summed E-state index contributed by atoms with van der Waals surface area (Å²) in [5.41, 5.74) is 1.61. The standard InChI is InChI=1S/C12H26N/c1-7-10(3)9-12(13(5)6)11(4)8-2/h10-11H,7-9H2,1-6H3/q+1. The Morgan fingerprint density at radius 2 is 1.62 bits per heavy atom. The van der Waals surface area contributed by atoms with Crippen molar-refractivity contribution in [2.75, 3.05) is 14.1 Å². The highest BCUT2D eigenvalue weighted by molar-refractivity contribution is 5.81. The molecule has 1 heteroatoms. The topological polar surface area (TPSA) is 3.01 Å². The van der Waals surface area contributed by atoms with Crippen molar-refractivity contribution in [2.45, 2.75) is 47.0 Å². The van der Waals surface area contributed by atoms with Crippen LogP contribution in [0.5, 0.6) is 0 Å². The van der Waals surface area contributed by atoms with Crippen LogP contribution in [0.2, 0.25) is 0 Å². The molecule has 0 saturated carbocycles. The molecule has 2 unspecified atom stereocenters. The second-order valence-corrected chi connectivity index (χ2v) is 4.41. The zero-order chi connectivity index (χ0) is 10.4. The van der Waals surface area contributed by atoms with Crippen LogP contribution in [0.15, 0.2) is 0 Å². The van der Waals surface area contributed by atoms with Gasteiger partial charge in [-0.2, -0.15) is 0 Å². The van der Waals surface area contributed by atoms with Crippen LogP contribution in [0.4, 0.5) is 0 Å². The first kappa shape index (κ1) is 12.7. The molecule has 0 aromatic carbocycles. The molecule has 0 aromatic rings. The Morgan fingerprint density at radius 3 is 1.92 bits per heavy atom. The lowest BCUT2D eigenvalue weighted by Gasteiger charge is -2.13. The van der Waals surface area contributed by atoms with E-state index in [9.17, 15) is 0 Å². The van der Waals surface area contributed by atoms with Gasteiger partial charge in [0.15, 0.2) is 5.71 Å². The zero-order valence-corrected chi connectivity index (χ0v) is 10.2. The van der Waals surface area contributed by atoms with Crippen molar-refractivity contribution in [1.82, 2.24) is 0 Å². The van der Waals surface area contributed by atoms with Crippen LogP contribution in [-0.4, -0.2) is 24.4 Å². The summed E-state index contributed by atoms with van der Waals surface area (Å²) in [6, 6.07) is 0. The van der Waals surface area contributed by atoms with Crippen LogP contribution in [0.25, 0.3) is 0 Å². The van der Waals surface area contributed by atoms with Crippen LogP contribution in [0.1, 0.15) is 47.0 Å². The molecule has 78 valence electrons. The summed E-state index contributed by atoms with van der Waals surface area (Å²) in [5, 5.41) is 0. The first-order chi connectivity index (χ1) is 6.02. The Labute approximate surface area is 83.9 Å². The van der Waals surface area contributed by atoms with Gasteiger partial charge >= 0.3 is 0 Å². The van der Waals surface area contributed by atoms with Gasteiger partial charge in [0.1, 0.15) is 14.1 Å². The third-order valence-corrected chi connectivity index (χ3v) is 3.01. The van der Waals surface area contributed by atoms with Gasteiger partial charge in [-0.05, 0) is 12.3 Å². The molecule has 13 heavy (non-hydrogen) atoms. The van der Waals surface area contributed by atoms with Gasteiger partial charge in [-0.3, -0.25) is 0 Å². The predicted octanol–water partition coefficient (Wildman–Crippen LogP) is 3.18. The highest BCUT2D eigenvalue weighted by Crippen LogP contribution is 2.14. The maximum absolute atomic E-state index is 2.34. The number of hydrogen-bond acceptors (Lipinski definition) is 0. The van der Waals surface area contributed by atoms with Gasteiger partial charge in [0.25, 0.3) is 0 Å². The molecule has 0 fully saturated rings. The smallest absolute Gasteiger partial charge is 0.154 e. The maximum atomic E-state index is 2.34. The van der Waals surface area contributed by atoms with Gasteiger partial charge in [-0.25, -0.2) is 4.58 Å². The van der Waals surface area contributed by atoms with E-state index in [-0.39, 0.29) is 0 Å². The van der Waals surface area contributed by atoms with Crippen LogP contribution in [-0.2, 0) is 0 Å². The molecule has 0 aromatic heterocycles. The summed E-state index contributed by atoms with van der Waals surface area (Å²) in [5.74, 6) is 1.57. The van der Waals surface area contributed by atoms with Crippen molar-refractivity contribution in [3.8, 4) is 0 Å². The first-order valence-electron chi connectivity index (χ1n) is 5.55. The fraction of sp³-hybridized carbons (Fsp3) is 0.917. The van der Waals surface area contributed by atoms with Gasteiger partial charge < -0.3 is 0 Å². The zero-order valence-electron chi connectivity index (χ0n) is 10.2. The summed E-state index contributed by atoms with van der Waals surface area (Å²) in [4.78, 5) is 0. The molecule has 0 spiro atoms. The van der Waals surface area contributed by atoms with Gasteiger partial charge in [0, 0.05) is 12.3 Å². The summed E-state index contributed by atoms with van der Waals surface area (Å²) in [6.07, 6.45) is 3.80. The van der Waals surface area contributed by atoms with E-state index >= 15 is 0 Å². The van der Waals surface area contributed by atoms with E-state index in [1.807, 2.05) is 0 Å². The van der Waals surface area contributed by atoms with Crippen LogP contribution < -0.4 is 0 Å². The van der Waals surface area contributed by atoms with Crippen molar-refractivity contribution >= 4 is 5.71 Å². The molecule has 0 aliphatic carbocycles. The Balaban J connectivity index is 4.38. The highest BCUT2D eigenvalue weighted by Gasteiger charge is 2.18. The lowest BCUT2D eigenvalue weighted by molar-refractivity contribution is -0.468. The van der Waals surface area contributed by atoms with Crippen molar-refractivity contribution < 1.29 is 4.58 Å². The number of rotatable bonds is 5. The fourth-order valence-electron chi connectivity index (χ4n) is 1.56. The third kappa shape index (κ3) is 4.44. The molecular formula is C12H26N+. The van der Waals surface area contributed by atoms with E-state index in [4.69, 9.17) is 0 Å². The minimum Gasteiger partial charge on any atom is -0.242 e. The molecule has 0 heterocycles. The van der Waals surface area contributed by atoms with Crippen molar-refractivity contribution in [3.05, 3.63) is 0 Å². The summed E-state index contributed by atoms with van der Waals surface area (Å²) in [6.45, 7) is 9.21. The average Bonchev–Trinajstić information content (AvgIpc) is 2.11. The molecule has 0 radical (unpaired) electrons. The second-order valence-electron chi connectivity index (χ2n) is 4.41. The summed E-state index contributed by atoms with van der Waals surface area (Å²) in [7, 11) is 4.34. The normalized spacial score (nSPS) is 15.2. The van der Waals surface area contributed by atoms with E-state index in [1.165, 1.54) is 19.3 Å². The largest absolute Gasteiger partial charge is 0.242 e. The lowest BCUT2D eigenvalue weighted by Crippen LogP contribution is -2.23. The lowest BCUT2D eigenvalue weighted by atomic mass is 9.92. The van der Waals surface area contributed by atoms with E-state index in [2.05, 4.69) is 46.4 Å². The van der Waals surface area contributed by atoms with E-state index in [1.54, 1.807) is 5.71 Å². The Bertz CT molecular complexity index is 166. The van der Waals surface area contributed by atoms with E-state index in [0.29, 0.717) is 0 Å². The minimum absolute atomic E-state index is 0.740. The van der Waals surface area contributed by atoms with Crippen LogP contribution in [0, 0.1) is 11.8 Å². The third-order valence-electron chi connectivity index (χ3n) is 3.01. The Hall–Kier alpha value is -0.330.